The van der Waals surface area contributed by atoms with Crippen molar-refractivity contribution in [3.63, 3.8) is 0 Å². The minimum atomic E-state index is -0.983. The number of nitrogens with one attached hydrogen (secondary N) is 3. The van der Waals surface area contributed by atoms with Crippen LogP contribution in [0.1, 0.15) is 66.9 Å². The summed E-state index contributed by atoms with van der Waals surface area (Å²) in [6, 6.07) is 10.2. The van der Waals surface area contributed by atoms with Crippen LogP contribution in [-0.2, 0) is 25.7 Å². The molecule has 11 nitrogen and oxygen atoms in total. The van der Waals surface area contributed by atoms with Crippen molar-refractivity contribution >= 4 is 23.5 Å². The second kappa shape index (κ2) is 17.5. The maximum atomic E-state index is 13.3. The Morgan fingerprint density at radius 2 is 1.81 bits per heavy atom. The van der Waals surface area contributed by atoms with E-state index < -0.39 is 23.8 Å². The molecule has 226 valence electrons. The zero-order chi connectivity index (χ0) is 31.1. The first-order valence-corrected chi connectivity index (χ1v) is 14.0. The number of benzene rings is 1. The van der Waals surface area contributed by atoms with E-state index in [2.05, 4.69) is 21.1 Å². The lowest BCUT2D eigenvalue weighted by Gasteiger charge is -2.21. The zero-order valence-electron chi connectivity index (χ0n) is 25.0. The Morgan fingerprint density at radius 1 is 1.10 bits per heavy atom. The van der Waals surface area contributed by atoms with Gasteiger partial charge in [0.1, 0.15) is 23.4 Å². The van der Waals surface area contributed by atoms with Gasteiger partial charge in [-0.2, -0.15) is 5.26 Å². The summed E-state index contributed by atoms with van der Waals surface area (Å²) in [5.74, 6) is -1.80. The largest absolute Gasteiger partial charge is 0.382 e. The van der Waals surface area contributed by atoms with Crippen molar-refractivity contribution < 1.29 is 28.4 Å². The quantitative estimate of drug-likeness (QED) is 0.146. The Balaban J connectivity index is 2.04. The van der Waals surface area contributed by atoms with E-state index in [0.29, 0.717) is 38.1 Å². The normalized spacial score (nSPS) is 12.7. The third kappa shape index (κ3) is 11.7. The van der Waals surface area contributed by atoms with Crippen molar-refractivity contribution in [3.8, 4) is 6.07 Å². The number of unbranched alkanes of at least 4 members (excludes halogenated alkanes) is 1. The van der Waals surface area contributed by atoms with Gasteiger partial charge in [-0.25, -0.2) is 0 Å². The first-order chi connectivity index (χ1) is 20.0. The highest BCUT2D eigenvalue weighted by Crippen LogP contribution is 2.16. The standard InChI is InChI=1S/C31H41N5O6/c1-20(2)14-25(17-32)30(39)33-13-7-6-8-24(29(38)34-18-23-11-9-21(3)10-12-23)16-28(37)27(19-41-5)35-31(40)26-15-22(4)42-36-26/h9-12,14-15,20,24,27H,6-8,13,16,18-19H2,1-5H3,(H,33,39)(H,34,38)(H,35,40)/t24-,27+/m1/s1. The number of rotatable bonds is 17. The van der Waals surface area contributed by atoms with Crippen LogP contribution in [0.25, 0.3) is 0 Å². The summed E-state index contributed by atoms with van der Waals surface area (Å²) in [7, 11) is 1.42. The van der Waals surface area contributed by atoms with Crippen molar-refractivity contribution in [2.75, 3.05) is 20.3 Å². The molecule has 3 N–H and O–H groups in total. The SMILES string of the molecule is COC[C@H](NC(=O)c1cc(C)on1)C(=O)C[C@@H](CCCCNC(=O)C(C#N)=CC(C)C)C(=O)NCc1ccc(C)cc1. The topological polar surface area (TPSA) is 163 Å². The van der Waals surface area contributed by atoms with E-state index in [-0.39, 0.29) is 41.9 Å². The molecule has 0 bridgehead atoms. The Labute approximate surface area is 247 Å². The molecule has 2 atom stereocenters. The summed E-state index contributed by atoms with van der Waals surface area (Å²) in [4.78, 5) is 51.4. The molecule has 2 aromatic rings. The van der Waals surface area contributed by atoms with Gasteiger partial charge in [0.25, 0.3) is 11.8 Å². The lowest BCUT2D eigenvalue weighted by molar-refractivity contribution is -0.131. The number of amides is 3. The van der Waals surface area contributed by atoms with Gasteiger partial charge in [-0.15, -0.1) is 0 Å². The molecule has 2 rings (SSSR count). The minimum absolute atomic E-state index is 0.0404. The van der Waals surface area contributed by atoms with E-state index in [1.165, 1.54) is 13.2 Å². The lowest BCUT2D eigenvalue weighted by atomic mass is 9.92. The van der Waals surface area contributed by atoms with Gasteiger partial charge in [-0.1, -0.05) is 61.3 Å². The minimum Gasteiger partial charge on any atom is -0.382 e. The maximum Gasteiger partial charge on any atom is 0.274 e. The third-order valence-corrected chi connectivity index (χ3v) is 6.42. The van der Waals surface area contributed by atoms with Crippen LogP contribution in [0.15, 0.2) is 46.5 Å². The Morgan fingerprint density at radius 3 is 2.40 bits per heavy atom. The number of nitriles is 1. The predicted octanol–water partition coefficient (Wildman–Crippen LogP) is 3.32. The number of Topliss-reactive ketones (excluding diaryl/α,β-unsaturated/α-hetero) is 1. The highest BCUT2D eigenvalue weighted by atomic mass is 16.5. The van der Waals surface area contributed by atoms with Crippen LogP contribution in [0, 0.1) is 37.0 Å². The van der Waals surface area contributed by atoms with Crippen molar-refractivity contribution in [2.24, 2.45) is 11.8 Å². The molecule has 0 aliphatic heterocycles. The van der Waals surface area contributed by atoms with Crippen molar-refractivity contribution in [3.05, 3.63) is 64.6 Å². The van der Waals surface area contributed by atoms with Crippen LogP contribution < -0.4 is 16.0 Å². The van der Waals surface area contributed by atoms with Crippen LogP contribution in [0.2, 0.25) is 0 Å². The average Bonchev–Trinajstić information content (AvgIpc) is 3.40. The molecular formula is C31H41N5O6. The average molecular weight is 580 g/mol. The van der Waals surface area contributed by atoms with Gasteiger partial charge in [0, 0.05) is 38.6 Å². The molecule has 1 aromatic heterocycles. The summed E-state index contributed by atoms with van der Waals surface area (Å²) in [5, 5.41) is 21.2. The molecule has 11 heteroatoms. The van der Waals surface area contributed by atoms with Crippen molar-refractivity contribution in [1.82, 2.24) is 21.1 Å². The number of hydrogen-bond acceptors (Lipinski definition) is 8. The molecule has 1 aromatic carbocycles. The molecule has 0 aliphatic carbocycles. The number of carbonyl (C=O) groups is 4. The second-order valence-electron chi connectivity index (χ2n) is 10.6. The monoisotopic (exact) mass is 579 g/mol. The first kappa shape index (κ1) is 33.9. The van der Waals surface area contributed by atoms with Crippen LogP contribution in [0.3, 0.4) is 0 Å². The summed E-state index contributed by atoms with van der Waals surface area (Å²) in [6.07, 6.45) is 2.96. The Hall–Kier alpha value is -4.30. The van der Waals surface area contributed by atoms with Crippen LogP contribution in [0.4, 0.5) is 0 Å². The summed E-state index contributed by atoms with van der Waals surface area (Å²) in [5.41, 5.74) is 2.14. The number of methoxy groups -OCH3 is 1. The summed E-state index contributed by atoms with van der Waals surface area (Å²) < 4.78 is 10.1. The number of allylic oxidation sites excluding steroid dienone is 1. The van der Waals surface area contributed by atoms with Gasteiger partial charge in [0.2, 0.25) is 5.91 Å². The van der Waals surface area contributed by atoms with Gasteiger partial charge < -0.3 is 25.2 Å². The summed E-state index contributed by atoms with van der Waals surface area (Å²) >= 11 is 0. The van der Waals surface area contributed by atoms with Gasteiger partial charge >= 0.3 is 0 Å². The Kier molecular flexibility index (Phi) is 14.1. The fourth-order valence-electron chi connectivity index (χ4n) is 4.15. The molecule has 3 amide bonds. The maximum absolute atomic E-state index is 13.3. The van der Waals surface area contributed by atoms with Crippen LogP contribution in [-0.4, -0.2) is 55.0 Å². The number of ketones is 1. The van der Waals surface area contributed by atoms with Gasteiger partial charge in [-0.05, 0) is 38.2 Å². The predicted molar refractivity (Wildman–Crippen MR) is 156 cm³/mol. The molecule has 0 unspecified atom stereocenters. The highest BCUT2D eigenvalue weighted by Gasteiger charge is 2.28. The molecule has 0 saturated heterocycles. The van der Waals surface area contributed by atoms with Gasteiger partial charge in [0.15, 0.2) is 11.5 Å². The smallest absolute Gasteiger partial charge is 0.274 e. The number of ether oxygens (including phenoxy) is 1. The molecular weight excluding hydrogens is 538 g/mol. The second-order valence-corrected chi connectivity index (χ2v) is 10.6. The van der Waals surface area contributed by atoms with Crippen LogP contribution >= 0.6 is 0 Å². The number of hydrogen-bond donors (Lipinski definition) is 3. The zero-order valence-corrected chi connectivity index (χ0v) is 25.0. The number of nitrogens with zero attached hydrogens (tertiary/aromatic N) is 2. The molecule has 0 fully saturated rings. The molecule has 0 aliphatic rings. The molecule has 1 heterocycles. The molecule has 0 radical (unpaired) electrons. The van der Waals surface area contributed by atoms with E-state index in [1.807, 2.05) is 51.1 Å². The molecule has 0 saturated carbocycles. The fourth-order valence-corrected chi connectivity index (χ4v) is 4.15. The van der Waals surface area contributed by atoms with E-state index >= 15 is 0 Å². The van der Waals surface area contributed by atoms with Crippen molar-refractivity contribution in [2.45, 2.75) is 66.0 Å². The third-order valence-electron chi connectivity index (χ3n) is 6.42. The lowest BCUT2D eigenvalue weighted by Crippen LogP contribution is -2.45. The Bertz CT molecular complexity index is 1280. The van der Waals surface area contributed by atoms with Gasteiger partial charge in [-0.3, -0.25) is 19.2 Å². The van der Waals surface area contributed by atoms with Gasteiger partial charge in [0.05, 0.1) is 6.61 Å². The van der Waals surface area contributed by atoms with E-state index in [9.17, 15) is 24.4 Å². The summed E-state index contributed by atoms with van der Waals surface area (Å²) in [6.45, 7) is 7.95. The molecule has 0 spiro atoms. The van der Waals surface area contributed by atoms with E-state index in [0.717, 1.165) is 11.1 Å². The van der Waals surface area contributed by atoms with E-state index in [4.69, 9.17) is 9.26 Å². The number of aromatic nitrogens is 1. The fraction of sp³-hybridized carbons (Fsp3) is 0.484. The molecule has 42 heavy (non-hydrogen) atoms. The van der Waals surface area contributed by atoms with Crippen molar-refractivity contribution in [1.29, 1.82) is 5.26 Å². The first-order valence-electron chi connectivity index (χ1n) is 14.0. The van der Waals surface area contributed by atoms with E-state index in [1.54, 1.807) is 13.0 Å². The number of aryl methyl sites for hydroxylation is 2. The number of carbonyl (C=O) groups excluding carboxylic acids is 4. The highest BCUT2D eigenvalue weighted by molar-refractivity contribution is 5.98. The van der Waals surface area contributed by atoms with Crippen LogP contribution in [0.5, 0.6) is 0 Å².